The summed E-state index contributed by atoms with van der Waals surface area (Å²) in [6, 6.07) is 0. The molecule has 0 N–H and O–H groups in total. The van der Waals surface area contributed by atoms with Gasteiger partial charge in [-0.15, -0.1) is 0 Å². The molecular weight excluding hydrogens is 278 g/mol. The molecule has 20 heavy (non-hydrogen) atoms. The number of hydrogen-bond acceptors (Lipinski definition) is 4. The summed E-state index contributed by atoms with van der Waals surface area (Å²) in [5.41, 5.74) is 0. The van der Waals surface area contributed by atoms with E-state index in [-0.39, 0.29) is 0 Å². The summed E-state index contributed by atoms with van der Waals surface area (Å²) in [6.07, 6.45) is 6.07. The van der Waals surface area contributed by atoms with Crippen LogP contribution in [0.1, 0.15) is 45.4 Å². The highest BCUT2D eigenvalue weighted by Gasteiger charge is 2.36. The van der Waals surface area contributed by atoms with Crippen LogP contribution in [0.5, 0.6) is 0 Å². The molecular formula is C13H23N3O3S. The second kappa shape index (κ2) is 6.80. The van der Waals surface area contributed by atoms with Crippen LogP contribution in [0, 0.1) is 5.92 Å². The zero-order valence-electron chi connectivity index (χ0n) is 12.0. The Morgan fingerprint density at radius 2 is 1.75 bits per heavy atom. The van der Waals surface area contributed by atoms with E-state index in [1.807, 2.05) is 0 Å². The first-order chi connectivity index (χ1) is 9.55. The summed E-state index contributed by atoms with van der Waals surface area (Å²) < 4.78 is 28.4. The predicted octanol–water partition coefficient (Wildman–Crippen LogP) is 1.50. The number of isocyanates is 1. The van der Waals surface area contributed by atoms with Gasteiger partial charge in [0.1, 0.15) is 6.17 Å². The molecule has 0 aliphatic carbocycles. The second-order valence-corrected chi connectivity index (χ2v) is 7.63. The Kier molecular flexibility index (Phi) is 5.32. The van der Waals surface area contributed by atoms with E-state index < -0.39 is 16.4 Å². The normalized spacial score (nSPS) is 27.8. The number of piperidine rings is 1. The smallest absolute Gasteiger partial charge is 0.211 e. The minimum Gasteiger partial charge on any atom is -0.211 e. The lowest BCUT2D eigenvalue weighted by atomic mass is 10.0. The third kappa shape index (κ3) is 3.47. The Bertz CT molecular complexity index is 465. The monoisotopic (exact) mass is 301 g/mol. The maximum absolute atomic E-state index is 12.7. The number of nitrogens with zero attached hydrogens (tertiary/aromatic N) is 3. The lowest BCUT2D eigenvalue weighted by Crippen LogP contribution is -2.50. The molecule has 2 saturated heterocycles. The highest BCUT2D eigenvalue weighted by molar-refractivity contribution is 7.86. The molecule has 0 aromatic heterocycles. The maximum atomic E-state index is 12.7. The zero-order chi connectivity index (χ0) is 14.6. The van der Waals surface area contributed by atoms with E-state index in [0.717, 1.165) is 32.1 Å². The van der Waals surface area contributed by atoms with Crippen molar-refractivity contribution in [2.45, 2.75) is 51.6 Å². The average molecular weight is 301 g/mol. The van der Waals surface area contributed by atoms with Gasteiger partial charge >= 0.3 is 0 Å². The highest BCUT2D eigenvalue weighted by Crippen LogP contribution is 2.26. The van der Waals surface area contributed by atoms with Gasteiger partial charge in [0.05, 0.1) is 0 Å². The van der Waals surface area contributed by atoms with Crippen LogP contribution in [0.2, 0.25) is 0 Å². The Hall–Kier alpha value is -0.750. The third-order valence-electron chi connectivity index (χ3n) is 4.24. The van der Waals surface area contributed by atoms with Gasteiger partial charge in [0.25, 0.3) is 10.2 Å². The van der Waals surface area contributed by atoms with E-state index in [0.29, 0.717) is 32.0 Å². The Morgan fingerprint density at radius 3 is 2.40 bits per heavy atom. The standard InChI is InChI=1S/C13H23N3O3S/c1-12-6-9-15(10-7-12)20(18,19)16-8-4-2-3-5-13(16)14-11-17/h12-13H,2-10H2,1H3. The molecule has 2 fully saturated rings. The van der Waals surface area contributed by atoms with Gasteiger partial charge in [-0.25, -0.2) is 4.79 Å². The zero-order valence-corrected chi connectivity index (χ0v) is 12.8. The summed E-state index contributed by atoms with van der Waals surface area (Å²) >= 11 is 0. The van der Waals surface area contributed by atoms with Crippen LogP contribution in [0.15, 0.2) is 4.99 Å². The van der Waals surface area contributed by atoms with Gasteiger partial charge in [0, 0.05) is 19.6 Å². The van der Waals surface area contributed by atoms with Crippen molar-refractivity contribution in [2.24, 2.45) is 10.9 Å². The van der Waals surface area contributed by atoms with Crippen molar-refractivity contribution in [2.75, 3.05) is 19.6 Å². The van der Waals surface area contributed by atoms with Crippen molar-refractivity contribution < 1.29 is 13.2 Å². The topological polar surface area (TPSA) is 70.1 Å². The minimum absolute atomic E-state index is 0.449. The van der Waals surface area contributed by atoms with Crippen molar-refractivity contribution in [1.29, 1.82) is 0 Å². The van der Waals surface area contributed by atoms with Crippen molar-refractivity contribution in [3.8, 4) is 0 Å². The minimum atomic E-state index is -3.51. The molecule has 6 nitrogen and oxygen atoms in total. The molecule has 7 heteroatoms. The van der Waals surface area contributed by atoms with Crippen LogP contribution in [-0.2, 0) is 15.0 Å². The van der Waals surface area contributed by atoms with Crippen molar-refractivity contribution in [3.05, 3.63) is 0 Å². The van der Waals surface area contributed by atoms with Gasteiger partial charge in [0.2, 0.25) is 6.08 Å². The third-order valence-corrected chi connectivity index (χ3v) is 6.28. The lowest BCUT2D eigenvalue weighted by Gasteiger charge is -2.35. The molecule has 114 valence electrons. The van der Waals surface area contributed by atoms with Gasteiger partial charge in [-0.1, -0.05) is 13.3 Å². The highest BCUT2D eigenvalue weighted by atomic mass is 32.2. The van der Waals surface area contributed by atoms with Gasteiger partial charge in [0.15, 0.2) is 0 Å². The van der Waals surface area contributed by atoms with Gasteiger partial charge in [-0.3, -0.25) is 0 Å². The predicted molar refractivity (Wildman–Crippen MR) is 76.0 cm³/mol. The first-order valence-electron chi connectivity index (χ1n) is 7.39. The molecule has 0 aromatic rings. The fourth-order valence-corrected chi connectivity index (χ4v) is 4.68. The van der Waals surface area contributed by atoms with Crippen molar-refractivity contribution in [3.63, 3.8) is 0 Å². The van der Waals surface area contributed by atoms with Crippen LogP contribution < -0.4 is 0 Å². The SMILES string of the molecule is CC1CCN(S(=O)(=O)N2CCCCCC2N=C=O)CC1. The van der Waals surface area contributed by atoms with Crippen LogP contribution in [0.3, 0.4) is 0 Å². The second-order valence-electron chi connectivity index (χ2n) is 5.75. The molecule has 2 rings (SSSR count). The molecule has 0 aromatic carbocycles. The van der Waals surface area contributed by atoms with E-state index in [1.54, 1.807) is 4.31 Å². The van der Waals surface area contributed by atoms with Gasteiger partial charge in [-0.05, 0) is 38.0 Å². The van der Waals surface area contributed by atoms with E-state index >= 15 is 0 Å². The maximum Gasteiger partial charge on any atom is 0.283 e. The molecule has 2 aliphatic rings. The van der Waals surface area contributed by atoms with E-state index in [1.165, 1.54) is 10.4 Å². The number of carbonyl (C=O) groups excluding carboxylic acids is 1. The molecule has 2 heterocycles. The first-order valence-corrected chi connectivity index (χ1v) is 8.79. The number of hydrogen-bond donors (Lipinski definition) is 0. The molecule has 0 radical (unpaired) electrons. The fraction of sp³-hybridized carbons (Fsp3) is 0.923. The quantitative estimate of drug-likeness (QED) is 0.586. The summed E-state index contributed by atoms with van der Waals surface area (Å²) in [5, 5.41) is 0. The Labute approximate surface area is 121 Å². The van der Waals surface area contributed by atoms with E-state index in [4.69, 9.17) is 0 Å². The van der Waals surface area contributed by atoms with Gasteiger partial charge < -0.3 is 0 Å². The summed E-state index contributed by atoms with van der Waals surface area (Å²) in [6.45, 7) is 3.73. The number of aliphatic imine (C=N–C) groups is 1. The van der Waals surface area contributed by atoms with Crippen LogP contribution in [0.25, 0.3) is 0 Å². The van der Waals surface area contributed by atoms with Crippen molar-refractivity contribution >= 4 is 16.3 Å². The molecule has 0 saturated carbocycles. The largest absolute Gasteiger partial charge is 0.283 e. The summed E-state index contributed by atoms with van der Waals surface area (Å²) in [4.78, 5) is 14.3. The Morgan fingerprint density at radius 1 is 1.05 bits per heavy atom. The summed E-state index contributed by atoms with van der Waals surface area (Å²) in [5.74, 6) is 0.578. The first kappa shape index (κ1) is 15.6. The molecule has 2 aliphatic heterocycles. The van der Waals surface area contributed by atoms with Crippen LogP contribution in [-0.4, -0.2) is 48.9 Å². The summed E-state index contributed by atoms with van der Waals surface area (Å²) in [7, 11) is -3.51. The molecule has 0 bridgehead atoms. The average Bonchev–Trinajstić information content (AvgIpc) is 2.65. The van der Waals surface area contributed by atoms with E-state index in [2.05, 4.69) is 11.9 Å². The van der Waals surface area contributed by atoms with Crippen LogP contribution >= 0.6 is 0 Å². The molecule has 0 spiro atoms. The molecule has 0 amide bonds. The Balaban J connectivity index is 2.18. The van der Waals surface area contributed by atoms with Gasteiger partial charge in [-0.2, -0.15) is 22.0 Å². The molecule has 1 unspecified atom stereocenters. The van der Waals surface area contributed by atoms with E-state index in [9.17, 15) is 13.2 Å². The van der Waals surface area contributed by atoms with Crippen molar-refractivity contribution in [1.82, 2.24) is 8.61 Å². The lowest BCUT2D eigenvalue weighted by molar-refractivity contribution is 0.246. The number of rotatable bonds is 3. The molecule has 1 atom stereocenters. The fourth-order valence-electron chi connectivity index (χ4n) is 2.89. The van der Waals surface area contributed by atoms with Crippen LogP contribution in [0.4, 0.5) is 0 Å².